The Bertz CT molecular complexity index is 781. The van der Waals surface area contributed by atoms with Crippen LogP contribution in [0, 0.1) is 0 Å². The van der Waals surface area contributed by atoms with Crippen LogP contribution < -0.4 is 11.3 Å². The van der Waals surface area contributed by atoms with Gasteiger partial charge in [-0.15, -0.1) is 0 Å². The molecule has 0 bridgehead atoms. The van der Waals surface area contributed by atoms with Gasteiger partial charge in [-0.2, -0.15) is 0 Å². The third kappa shape index (κ3) is 1.81. The minimum absolute atomic E-state index is 0.160. The number of aromatic amines is 1. The van der Waals surface area contributed by atoms with Gasteiger partial charge in [0.25, 0.3) is 5.56 Å². The minimum atomic E-state index is -0.160. The molecule has 3 N–H and O–H groups in total. The summed E-state index contributed by atoms with van der Waals surface area (Å²) in [5.41, 5.74) is 9.20. The highest BCUT2D eigenvalue weighted by atomic mass is 16.1. The average molecular weight is 253 g/mol. The summed E-state index contributed by atoms with van der Waals surface area (Å²) < 4.78 is 1.77. The number of aromatic nitrogens is 2. The number of H-pyrrole nitrogens is 1. The Labute approximate surface area is 110 Å². The quantitative estimate of drug-likeness (QED) is 0.689. The average Bonchev–Trinajstić information content (AvgIpc) is 2.78. The fourth-order valence-electron chi connectivity index (χ4n) is 2.29. The SMILES string of the molecule is CCc1ccc(-n2[nH]c(=O)c3c(N)cccc32)cc1. The molecule has 3 rings (SSSR count). The molecule has 4 nitrogen and oxygen atoms in total. The predicted octanol–water partition coefficient (Wildman–Crippen LogP) is 2.46. The molecule has 3 aromatic rings. The van der Waals surface area contributed by atoms with Crippen LogP contribution in [0.25, 0.3) is 16.6 Å². The topological polar surface area (TPSA) is 63.8 Å². The normalized spacial score (nSPS) is 11.0. The Kier molecular flexibility index (Phi) is 2.63. The van der Waals surface area contributed by atoms with E-state index in [2.05, 4.69) is 24.2 Å². The molecule has 0 unspecified atom stereocenters. The molecular formula is C15H15N3O. The Morgan fingerprint density at radius 2 is 1.89 bits per heavy atom. The first-order valence-corrected chi connectivity index (χ1v) is 6.29. The fourth-order valence-corrected chi connectivity index (χ4v) is 2.29. The number of hydrogen-bond acceptors (Lipinski definition) is 2. The van der Waals surface area contributed by atoms with Gasteiger partial charge in [-0.1, -0.05) is 25.1 Å². The van der Waals surface area contributed by atoms with Crippen molar-refractivity contribution in [2.75, 3.05) is 5.73 Å². The van der Waals surface area contributed by atoms with Gasteiger partial charge in [-0.05, 0) is 36.2 Å². The summed E-state index contributed by atoms with van der Waals surface area (Å²) in [5.74, 6) is 0. The van der Waals surface area contributed by atoms with Gasteiger partial charge >= 0.3 is 0 Å². The Hall–Kier alpha value is -2.49. The van der Waals surface area contributed by atoms with Crippen LogP contribution in [-0.4, -0.2) is 9.78 Å². The first kappa shape index (κ1) is 11.6. The van der Waals surface area contributed by atoms with Crippen molar-refractivity contribution in [2.24, 2.45) is 0 Å². The molecule has 0 spiro atoms. The second-order valence-corrected chi connectivity index (χ2v) is 4.54. The van der Waals surface area contributed by atoms with Crippen molar-refractivity contribution in [3.63, 3.8) is 0 Å². The lowest BCUT2D eigenvalue weighted by Crippen LogP contribution is -2.04. The van der Waals surface area contributed by atoms with Gasteiger partial charge in [0.1, 0.15) is 0 Å². The third-order valence-corrected chi connectivity index (χ3v) is 3.36. The predicted molar refractivity (Wildman–Crippen MR) is 77.7 cm³/mol. The maximum absolute atomic E-state index is 12.0. The number of nitrogens with one attached hydrogen (secondary N) is 1. The van der Waals surface area contributed by atoms with E-state index < -0.39 is 0 Å². The van der Waals surface area contributed by atoms with E-state index in [1.807, 2.05) is 24.3 Å². The van der Waals surface area contributed by atoms with Crippen LogP contribution in [0.3, 0.4) is 0 Å². The number of anilines is 1. The van der Waals surface area contributed by atoms with Crippen molar-refractivity contribution < 1.29 is 0 Å². The number of benzene rings is 2. The Morgan fingerprint density at radius 1 is 1.16 bits per heavy atom. The molecule has 0 aliphatic heterocycles. The molecule has 0 atom stereocenters. The van der Waals surface area contributed by atoms with Crippen LogP contribution in [0.15, 0.2) is 47.3 Å². The second-order valence-electron chi connectivity index (χ2n) is 4.54. The molecule has 96 valence electrons. The zero-order valence-corrected chi connectivity index (χ0v) is 10.7. The number of fused-ring (bicyclic) bond motifs is 1. The summed E-state index contributed by atoms with van der Waals surface area (Å²) in [6, 6.07) is 13.6. The van der Waals surface area contributed by atoms with E-state index >= 15 is 0 Å². The van der Waals surface area contributed by atoms with Gasteiger partial charge in [0.15, 0.2) is 0 Å². The summed E-state index contributed by atoms with van der Waals surface area (Å²) in [5, 5.41) is 3.37. The second kappa shape index (κ2) is 4.31. The number of nitrogens with two attached hydrogens (primary N) is 1. The smallest absolute Gasteiger partial charge is 0.274 e. The summed E-state index contributed by atoms with van der Waals surface area (Å²) in [6.45, 7) is 2.11. The highest BCUT2D eigenvalue weighted by Crippen LogP contribution is 2.20. The van der Waals surface area contributed by atoms with E-state index in [1.54, 1.807) is 10.7 Å². The molecular weight excluding hydrogens is 238 g/mol. The van der Waals surface area contributed by atoms with Crippen molar-refractivity contribution in [3.8, 4) is 5.69 Å². The lowest BCUT2D eigenvalue weighted by molar-refractivity contribution is 0.890. The van der Waals surface area contributed by atoms with Gasteiger partial charge in [0, 0.05) is 5.69 Å². The summed E-state index contributed by atoms with van der Waals surface area (Å²) in [4.78, 5) is 12.0. The van der Waals surface area contributed by atoms with Crippen LogP contribution >= 0.6 is 0 Å². The molecule has 0 fully saturated rings. The van der Waals surface area contributed by atoms with E-state index in [9.17, 15) is 4.79 Å². The van der Waals surface area contributed by atoms with E-state index in [0.29, 0.717) is 11.1 Å². The van der Waals surface area contributed by atoms with Crippen LogP contribution in [0.1, 0.15) is 12.5 Å². The number of rotatable bonds is 2. The maximum atomic E-state index is 12.0. The van der Waals surface area contributed by atoms with Crippen molar-refractivity contribution in [1.82, 2.24) is 9.78 Å². The van der Waals surface area contributed by atoms with E-state index in [-0.39, 0.29) is 5.56 Å². The van der Waals surface area contributed by atoms with Gasteiger partial charge in [0.2, 0.25) is 0 Å². The molecule has 0 amide bonds. The molecule has 19 heavy (non-hydrogen) atoms. The van der Waals surface area contributed by atoms with Gasteiger partial charge in [-0.3, -0.25) is 14.6 Å². The molecule has 0 saturated carbocycles. The monoisotopic (exact) mass is 253 g/mol. The van der Waals surface area contributed by atoms with Crippen LogP contribution in [0.2, 0.25) is 0 Å². The molecule has 1 aromatic heterocycles. The van der Waals surface area contributed by atoms with Crippen molar-refractivity contribution in [1.29, 1.82) is 0 Å². The molecule has 2 aromatic carbocycles. The standard InChI is InChI=1S/C15H15N3O/c1-2-10-6-8-11(9-7-10)18-13-5-3-4-12(16)14(13)15(19)17-18/h3-9H,2,16H2,1H3,(H,17,19). The zero-order valence-electron chi connectivity index (χ0n) is 10.7. The summed E-state index contributed by atoms with van der Waals surface area (Å²) in [6.07, 6.45) is 0.996. The van der Waals surface area contributed by atoms with Gasteiger partial charge in [0.05, 0.1) is 16.6 Å². The molecule has 0 saturated heterocycles. The maximum Gasteiger partial charge on any atom is 0.274 e. The van der Waals surface area contributed by atoms with Crippen LogP contribution in [-0.2, 0) is 6.42 Å². The number of hydrogen-bond donors (Lipinski definition) is 2. The molecule has 0 aliphatic rings. The van der Waals surface area contributed by atoms with Crippen molar-refractivity contribution in [2.45, 2.75) is 13.3 Å². The number of nitrogen functional groups attached to an aromatic ring is 1. The molecule has 4 heteroatoms. The van der Waals surface area contributed by atoms with E-state index in [0.717, 1.165) is 17.6 Å². The Balaban J connectivity index is 2.25. The van der Waals surface area contributed by atoms with Crippen LogP contribution in [0.5, 0.6) is 0 Å². The summed E-state index contributed by atoms with van der Waals surface area (Å²) >= 11 is 0. The fraction of sp³-hybridized carbons (Fsp3) is 0.133. The van der Waals surface area contributed by atoms with E-state index in [1.165, 1.54) is 5.56 Å². The van der Waals surface area contributed by atoms with E-state index in [4.69, 9.17) is 5.73 Å². The summed E-state index contributed by atoms with van der Waals surface area (Å²) in [7, 11) is 0. The molecule has 0 aliphatic carbocycles. The lowest BCUT2D eigenvalue weighted by atomic mass is 10.1. The van der Waals surface area contributed by atoms with Gasteiger partial charge < -0.3 is 5.73 Å². The lowest BCUT2D eigenvalue weighted by Gasteiger charge is -2.05. The first-order valence-electron chi connectivity index (χ1n) is 6.29. The highest BCUT2D eigenvalue weighted by molar-refractivity contribution is 5.90. The zero-order chi connectivity index (χ0) is 13.4. The first-order chi connectivity index (χ1) is 9.20. The number of aryl methyl sites for hydroxylation is 1. The Morgan fingerprint density at radius 3 is 2.58 bits per heavy atom. The van der Waals surface area contributed by atoms with Crippen molar-refractivity contribution in [3.05, 3.63) is 58.4 Å². The third-order valence-electron chi connectivity index (χ3n) is 3.36. The highest BCUT2D eigenvalue weighted by Gasteiger charge is 2.10. The molecule has 0 radical (unpaired) electrons. The minimum Gasteiger partial charge on any atom is -0.398 e. The van der Waals surface area contributed by atoms with Crippen LogP contribution in [0.4, 0.5) is 5.69 Å². The molecule has 1 heterocycles. The number of nitrogens with zero attached hydrogens (tertiary/aromatic N) is 1. The van der Waals surface area contributed by atoms with Gasteiger partial charge in [-0.25, -0.2) is 0 Å². The largest absolute Gasteiger partial charge is 0.398 e. The van der Waals surface area contributed by atoms with Crippen molar-refractivity contribution >= 4 is 16.6 Å².